The first-order chi connectivity index (χ1) is 12.6. The van der Waals surface area contributed by atoms with Crippen molar-refractivity contribution in [2.75, 3.05) is 33.8 Å². The van der Waals surface area contributed by atoms with Gasteiger partial charge in [-0.25, -0.2) is 4.99 Å². The van der Waals surface area contributed by atoms with Crippen molar-refractivity contribution in [3.8, 4) is 5.75 Å². The number of ether oxygens (including phenoxy) is 1. The molecule has 0 spiro atoms. The summed E-state index contributed by atoms with van der Waals surface area (Å²) in [7, 11) is 3.50. The van der Waals surface area contributed by atoms with Crippen LogP contribution in [0.25, 0.3) is 0 Å². The standard InChI is InChI=1S/C20H30N4O2.HI/c1-24(2)19(25)14-22-20(23-18-13-15-8-9-16(18)12-15)21-10-11-26-17-6-4-3-5-7-17;/h3-7,15-16,18H,8-14H2,1-2H3,(H2,21,22,23);1H. The Labute approximate surface area is 179 Å². The SMILES string of the molecule is CN(C)C(=O)CN=C(NCCOc1ccccc1)NC1CC2CCC1C2.I. The van der Waals surface area contributed by atoms with Crippen LogP contribution in [0, 0.1) is 11.8 Å². The van der Waals surface area contributed by atoms with Gasteiger partial charge in [0.25, 0.3) is 0 Å². The zero-order chi connectivity index (χ0) is 18.4. The van der Waals surface area contributed by atoms with Crippen molar-refractivity contribution < 1.29 is 9.53 Å². The number of nitrogens with one attached hydrogen (secondary N) is 2. The number of halogens is 1. The molecule has 2 aliphatic rings. The molecule has 3 unspecified atom stereocenters. The number of fused-ring (bicyclic) bond motifs is 2. The second-order valence-corrected chi connectivity index (χ2v) is 7.47. The molecule has 0 heterocycles. The maximum absolute atomic E-state index is 11.9. The number of carbonyl (C=O) groups excluding carboxylic acids is 1. The lowest BCUT2D eigenvalue weighted by Crippen LogP contribution is -2.47. The van der Waals surface area contributed by atoms with Crippen molar-refractivity contribution in [1.82, 2.24) is 15.5 Å². The Hall–Kier alpha value is -1.51. The van der Waals surface area contributed by atoms with Crippen LogP contribution >= 0.6 is 24.0 Å². The lowest BCUT2D eigenvalue weighted by molar-refractivity contribution is -0.127. The van der Waals surface area contributed by atoms with E-state index in [1.54, 1.807) is 19.0 Å². The van der Waals surface area contributed by atoms with E-state index >= 15 is 0 Å². The summed E-state index contributed by atoms with van der Waals surface area (Å²) in [6.45, 7) is 1.34. The van der Waals surface area contributed by atoms with Crippen LogP contribution in [0.1, 0.15) is 25.7 Å². The van der Waals surface area contributed by atoms with Crippen molar-refractivity contribution in [2.24, 2.45) is 16.8 Å². The summed E-state index contributed by atoms with van der Waals surface area (Å²) in [6.07, 6.45) is 5.22. The highest BCUT2D eigenvalue weighted by molar-refractivity contribution is 14.0. The number of benzene rings is 1. The summed E-state index contributed by atoms with van der Waals surface area (Å²) in [5.41, 5.74) is 0. The fraction of sp³-hybridized carbons (Fsp3) is 0.600. The van der Waals surface area contributed by atoms with Gasteiger partial charge in [-0.05, 0) is 43.2 Å². The zero-order valence-electron chi connectivity index (χ0n) is 16.2. The summed E-state index contributed by atoms with van der Waals surface area (Å²) in [6, 6.07) is 10.2. The quantitative estimate of drug-likeness (QED) is 0.269. The lowest BCUT2D eigenvalue weighted by atomic mass is 9.95. The van der Waals surface area contributed by atoms with Crippen LogP contribution in [-0.4, -0.2) is 56.6 Å². The molecule has 0 aliphatic heterocycles. The number of carbonyl (C=O) groups is 1. The smallest absolute Gasteiger partial charge is 0.243 e. The van der Waals surface area contributed by atoms with Gasteiger partial charge in [0.15, 0.2) is 5.96 Å². The Balaban J connectivity index is 0.00000261. The normalized spacial score (nSPS) is 23.5. The Kier molecular flexibility index (Phi) is 8.66. The van der Waals surface area contributed by atoms with Crippen molar-refractivity contribution in [1.29, 1.82) is 0 Å². The van der Waals surface area contributed by atoms with E-state index in [9.17, 15) is 4.79 Å². The molecule has 3 rings (SSSR count). The van der Waals surface area contributed by atoms with Gasteiger partial charge in [0, 0.05) is 20.1 Å². The van der Waals surface area contributed by atoms with E-state index in [4.69, 9.17) is 4.74 Å². The molecule has 1 aromatic rings. The second kappa shape index (κ2) is 10.7. The largest absolute Gasteiger partial charge is 0.492 e. The number of guanidine groups is 1. The molecule has 0 radical (unpaired) electrons. The zero-order valence-corrected chi connectivity index (χ0v) is 18.5. The van der Waals surface area contributed by atoms with Crippen molar-refractivity contribution in [3.63, 3.8) is 0 Å². The monoisotopic (exact) mass is 486 g/mol. The molecule has 27 heavy (non-hydrogen) atoms. The number of para-hydroxylation sites is 1. The molecule has 7 heteroatoms. The van der Waals surface area contributed by atoms with Gasteiger partial charge in [-0.2, -0.15) is 0 Å². The summed E-state index contributed by atoms with van der Waals surface area (Å²) < 4.78 is 5.72. The summed E-state index contributed by atoms with van der Waals surface area (Å²) in [5.74, 6) is 3.19. The third-order valence-electron chi connectivity index (χ3n) is 5.34. The predicted octanol–water partition coefficient (Wildman–Crippen LogP) is 2.50. The van der Waals surface area contributed by atoms with Crippen LogP contribution in [0.2, 0.25) is 0 Å². The van der Waals surface area contributed by atoms with Gasteiger partial charge >= 0.3 is 0 Å². The number of nitrogens with zero attached hydrogens (tertiary/aromatic N) is 2. The van der Waals surface area contributed by atoms with E-state index in [1.165, 1.54) is 25.7 Å². The first kappa shape index (κ1) is 21.8. The number of aliphatic imine (C=N–C) groups is 1. The van der Waals surface area contributed by atoms with Gasteiger partial charge < -0.3 is 20.3 Å². The molecule has 2 fully saturated rings. The van der Waals surface area contributed by atoms with Crippen molar-refractivity contribution >= 4 is 35.8 Å². The van der Waals surface area contributed by atoms with Crippen molar-refractivity contribution in [3.05, 3.63) is 30.3 Å². The van der Waals surface area contributed by atoms with Gasteiger partial charge in [0.05, 0.1) is 6.54 Å². The fourth-order valence-corrected chi connectivity index (χ4v) is 3.89. The van der Waals surface area contributed by atoms with E-state index in [0.29, 0.717) is 19.2 Å². The van der Waals surface area contributed by atoms with Crippen LogP contribution in [0.3, 0.4) is 0 Å². The summed E-state index contributed by atoms with van der Waals surface area (Å²) in [4.78, 5) is 17.9. The van der Waals surface area contributed by atoms with Gasteiger partial charge in [-0.1, -0.05) is 24.6 Å². The Morgan fingerprint density at radius 3 is 2.63 bits per heavy atom. The molecular formula is C20H31IN4O2. The minimum absolute atomic E-state index is 0. The molecule has 1 amide bonds. The van der Waals surface area contributed by atoms with Crippen LogP contribution < -0.4 is 15.4 Å². The molecule has 2 bridgehead atoms. The minimum Gasteiger partial charge on any atom is -0.492 e. The van der Waals surface area contributed by atoms with Crippen LogP contribution in [-0.2, 0) is 4.79 Å². The van der Waals surface area contributed by atoms with E-state index < -0.39 is 0 Å². The average Bonchev–Trinajstić information content (AvgIpc) is 3.26. The average molecular weight is 486 g/mol. The molecule has 2 saturated carbocycles. The third kappa shape index (κ3) is 6.55. The third-order valence-corrected chi connectivity index (χ3v) is 5.34. The maximum Gasteiger partial charge on any atom is 0.243 e. The Morgan fingerprint density at radius 2 is 2.00 bits per heavy atom. The lowest BCUT2D eigenvalue weighted by Gasteiger charge is -2.25. The van der Waals surface area contributed by atoms with E-state index in [0.717, 1.165) is 23.5 Å². The van der Waals surface area contributed by atoms with E-state index in [1.807, 2.05) is 30.3 Å². The van der Waals surface area contributed by atoms with Gasteiger partial charge in [-0.3, -0.25) is 4.79 Å². The molecule has 2 aliphatic carbocycles. The first-order valence-electron chi connectivity index (χ1n) is 9.54. The highest BCUT2D eigenvalue weighted by Gasteiger charge is 2.39. The molecule has 3 atom stereocenters. The van der Waals surface area contributed by atoms with Gasteiger partial charge in [0.2, 0.25) is 5.91 Å². The molecule has 1 aromatic carbocycles. The molecular weight excluding hydrogens is 455 g/mol. The number of rotatable bonds is 7. The highest BCUT2D eigenvalue weighted by Crippen LogP contribution is 2.44. The second-order valence-electron chi connectivity index (χ2n) is 7.47. The van der Waals surface area contributed by atoms with Crippen LogP contribution in [0.15, 0.2) is 35.3 Å². The number of hydrogen-bond donors (Lipinski definition) is 2. The number of likely N-dealkylation sites (N-methyl/N-ethyl adjacent to an activating group) is 1. The topological polar surface area (TPSA) is 66.0 Å². The summed E-state index contributed by atoms with van der Waals surface area (Å²) >= 11 is 0. The fourth-order valence-electron chi connectivity index (χ4n) is 3.89. The molecule has 2 N–H and O–H groups in total. The van der Waals surface area contributed by atoms with Crippen LogP contribution in [0.4, 0.5) is 0 Å². The molecule has 0 aromatic heterocycles. The minimum atomic E-state index is -0.000391. The van der Waals surface area contributed by atoms with Gasteiger partial charge in [-0.15, -0.1) is 24.0 Å². The van der Waals surface area contributed by atoms with Crippen molar-refractivity contribution in [2.45, 2.75) is 31.7 Å². The Bertz CT molecular complexity index is 624. The maximum atomic E-state index is 11.9. The molecule has 0 saturated heterocycles. The number of hydrogen-bond acceptors (Lipinski definition) is 3. The molecule has 150 valence electrons. The summed E-state index contributed by atoms with van der Waals surface area (Å²) in [5, 5.41) is 6.87. The Morgan fingerprint density at radius 1 is 1.22 bits per heavy atom. The predicted molar refractivity (Wildman–Crippen MR) is 119 cm³/mol. The molecule has 6 nitrogen and oxygen atoms in total. The highest BCUT2D eigenvalue weighted by atomic mass is 127. The first-order valence-corrected chi connectivity index (χ1v) is 9.54. The number of amides is 1. The van der Waals surface area contributed by atoms with Crippen LogP contribution in [0.5, 0.6) is 5.75 Å². The van der Waals surface area contributed by atoms with E-state index in [2.05, 4.69) is 15.6 Å². The van der Waals surface area contributed by atoms with Gasteiger partial charge in [0.1, 0.15) is 18.9 Å². The van der Waals surface area contributed by atoms with E-state index in [-0.39, 0.29) is 36.4 Å².